The Morgan fingerprint density at radius 2 is 1.85 bits per heavy atom. The average Bonchev–Trinajstić information content (AvgIpc) is 2.53. The number of aliphatic hydroxyl groups is 1. The average molecular weight is 371 g/mol. The summed E-state index contributed by atoms with van der Waals surface area (Å²) in [6.45, 7) is 4.14. The Balaban J connectivity index is 1.48. The van der Waals surface area contributed by atoms with Gasteiger partial charge in [0.15, 0.2) is 0 Å². The van der Waals surface area contributed by atoms with Crippen LogP contribution in [0.15, 0.2) is 0 Å². The van der Waals surface area contributed by atoms with Crippen molar-refractivity contribution >= 4 is 6.09 Å². The fourth-order valence-electron chi connectivity index (χ4n) is 5.61. The first-order chi connectivity index (χ1) is 12.2. The summed E-state index contributed by atoms with van der Waals surface area (Å²) in [5, 5.41) is 10.9. The van der Waals surface area contributed by atoms with Gasteiger partial charge in [-0.3, -0.25) is 0 Å². The van der Waals surface area contributed by atoms with E-state index >= 15 is 0 Å². The molecule has 8 nitrogen and oxygen atoms in total. The molecule has 2 spiro atoms. The maximum atomic E-state index is 11.0. The highest BCUT2D eigenvalue weighted by Crippen LogP contribution is 2.56. The molecule has 0 aromatic rings. The van der Waals surface area contributed by atoms with Gasteiger partial charge in [-0.15, -0.1) is 0 Å². The zero-order valence-electron chi connectivity index (χ0n) is 15.4. The van der Waals surface area contributed by atoms with E-state index in [2.05, 4.69) is 6.92 Å². The summed E-state index contributed by atoms with van der Waals surface area (Å²) in [6.07, 6.45) is 4.05. The van der Waals surface area contributed by atoms with Gasteiger partial charge in [0.1, 0.15) is 6.10 Å². The second-order valence-corrected chi connectivity index (χ2v) is 8.90. The Labute approximate surface area is 153 Å². The summed E-state index contributed by atoms with van der Waals surface area (Å²) in [5.41, 5.74) is 4.46. The van der Waals surface area contributed by atoms with Crippen molar-refractivity contribution in [2.75, 3.05) is 0 Å². The number of hydrogen-bond donors (Lipinski definition) is 2. The Hall–Kier alpha value is -0.930. The highest BCUT2D eigenvalue weighted by Gasteiger charge is 2.63. The molecule has 4 aliphatic rings. The number of carbonyl (C=O) groups excluding carboxylic acids is 1. The Kier molecular flexibility index (Phi) is 4.47. The number of ether oxygens (including phenoxy) is 1. The van der Waals surface area contributed by atoms with E-state index in [0.717, 1.165) is 19.3 Å². The molecule has 4 rings (SSSR count). The van der Waals surface area contributed by atoms with Crippen LogP contribution in [0, 0.1) is 17.8 Å². The SMILES string of the molecule is CC1CC2CC(O)(C1)CC(C)C21OOC2(CCCC(OC(N)=O)C2)OO1. The minimum Gasteiger partial charge on any atom is -0.446 e. The fraction of sp³-hybridized carbons (Fsp3) is 0.944. The van der Waals surface area contributed by atoms with Crippen molar-refractivity contribution in [3.63, 3.8) is 0 Å². The van der Waals surface area contributed by atoms with Gasteiger partial charge in [-0.05, 0) is 44.4 Å². The number of primary amides is 1. The van der Waals surface area contributed by atoms with E-state index in [1.807, 2.05) is 6.92 Å². The van der Waals surface area contributed by atoms with Gasteiger partial charge in [-0.1, -0.05) is 13.8 Å². The molecule has 148 valence electrons. The van der Waals surface area contributed by atoms with Crippen molar-refractivity contribution in [1.82, 2.24) is 0 Å². The molecule has 0 radical (unpaired) electrons. The Morgan fingerprint density at radius 3 is 2.54 bits per heavy atom. The normalized spacial score (nSPS) is 51.3. The first kappa shape index (κ1) is 18.4. The second-order valence-electron chi connectivity index (χ2n) is 8.90. The lowest BCUT2D eigenvalue weighted by Gasteiger charge is -2.57. The summed E-state index contributed by atoms with van der Waals surface area (Å²) in [4.78, 5) is 34.4. The molecular formula is C18H29NO7. The maximum Gasteiger partial charge on any atom is 0.404 e. The largest absolute Gasteiger partial charge is 0.446 e. The van der Waals surface area contributed by atoms with Gasteiger partial charge < -0.3 is 15.6 Å². The highest BCUT2D eigenvalue weighted by molar-refractivity contribution is 5.64. The van der Waals surface area contributed by atoms with Crippen LogP contribution in [0.3, 0.4) is 0 Å². The van der Waals surface area contributed by atoms with Crippen molar-refractivity contribution in [2.24, 2.45) is 23.5 Å². The lowest BCUT2D eigenvalue weighted by Crippen LogP contribution is -2.65. The molecular weight excluding hydrogens is 342 g/mol. The zero-order valence-corrected chi connectivity index (χ0v) is 15.4. The van der Waals surface area contributed by atoms with Crippen LogP contribution in [0.2, 0.25) is 0 Å². The van der Waals surface area contributed by atoms with Crippen molar-refractivity contribution in [3.05, 3.63) is 0 Å². The number of fused-ring (bicyclic) bond motifs is 3. The van der Waals surface area contributed by atoms with Crippen LogP contribution in [0.5, 0.6) is 0 Å². The molecule has 2 bridgehead atoms. The molecule has 1 aliphatic heterocycles. The smallest absolute Gasteiger partial charge is 0.404 e. The molecule has 5 unspecified atom stereocenters. The Morgan fingerprint density at radius 1 is 1.12 bits per heavy atom. The van der Waals surface area contributed by atoms with Gasteiger partial charge in [-0.2, -0.15) is 19.6 Å². The topological polar surface area (TPSA) is 109 Å². The lowest BCUT2D eigenvalue weighted by atomic mass is 9.60. The van der Waals surface area contributed by atoms with Crippen molar-refractivity contribution in [1.29, 1.82) is 0 Å². The fourth-order valence-corrected chi connectivity index (χ4v) is 5.61. The van der Waals surface area contributed by atoms with E-state index in [4.69, 9.17) is 30.0 Å². The van der Waals surface area contributed by atoms with Gasteiger partial charge in [0.25, 0.3) is 0 Å². The third-order valence-corrected chi connectivity index (χ3v) is 6.54. The van der Waals surface area contributed by atoms with Crippen LogP contribution in [-0.4, -0.2) is 34.5 Å². The van der Waals surface area contributed by atoms with Crippen LogP contribution in [-0.2, 0) is 24.3 Å². The molecule has 3 saturated carbocycles. The van der Waals surface area contributed by atoms with Crippen LogP contribution in [0.4, 0.5) is 4.79 Å². The Bertz CT molecular complexity index is 558. The molecule has 1 heterocycles. The van der Waals surface area contributed by atoms with Crippen LogP contribution in [0.1, 0.15) is 65.2 Å². The van der Waals surface area contributed by atoms with Gasteiger partial charge in [-0.25, -0.2) is 4.79 Å². The van der Waals surface area contributed by atoms with Crippen molar-refractivity contribution < 1.29 is 34.2 Å². The number of hydrogen-bond acceptors (Lipinski definition) is 7. The quantitative estimate of drug-likeness (QED) is 0.682. The molecule has 3 aliphatic carbocycles. The highest BCUT2D eigenvalue weighted by atomic mass is 17.4. The standard InChI is InChI=1S/C18H29NO7/c1-11-6-13-9-16(21,7-11)8-12(2)18(13)25-23-17(24-26-18)5-3-4-14(10-17)22-15(19)20/h11-14,21H,3-10H2,1-2H3,(H2,19,20). The monoisotopic (exact) mass is 371 g/mol. The first-order valence-electron chi connectivity index (χ1n) is 9.66. The zero-order chi connectivity index (χ0) is 18.6. The van der Waals surface area contributed by atoms with Gasteiger partial charge in [0, 0.05) is 24.7 Å². The number of rotatable bonds is 1. The van der Waals surface area contributed by atoms with Gasteiger partial charge >= 0.3 is 6.09 Å². The third-order valence-electron chi connectivity index (χ3n) is 6.54. The molecule has 3 N–H and O–H groups in total. The minimum atomic E-state index is -1.09. The summed E-state index contributed by atoms with van der Waals surface area (Å²) >= 11 is 0. The summed E-state index contributed by atoms with van der Waals surface area (Å²) in [5.74, 6) is -1.79. The molecule has 1 amide bonds. The van der Waals surface area contributed by atoms with E-state index < -0.39 is 23.3 Å². The van der Waals surface area contributed by atoms with E-state index in [0.29, 0.717) is 38.0 Å². The van der Waals surface area contributed by atoms with E-state index in [1.165, 1.54) is 0 Å². The number of amides is 1. The molecule has 5 atom stereocenters. The van der Waals surface area contributed by atoms with E-state index in [-0.39, 0.29) is 17.9 Å². The number of nitrogens with two attached hydrogens (primary N) is 1. The molecule has 4 fully saturated rings. The molecule has 1 saturated heterocycles. The lowest BCUT2D eigenvalue weighted by molar-refractivity contribution is -0.678. The number of carbonyl (C=O) groups is 1. The molecule has 26 heavy (non-hydrogen) atoms. The summed E-state index contributed by atoms with van der Waals surface area (Å²) in [7, 11) is 0. The van der Waals surface area contributed by atoms with E-state index in [9.17, 15) is 9.90 Å². The predicted octanol–water partition coefficient (Wildman–Crippen LogP) is 2.53. The molecule has 0 aromatic carbocycles. The second kappa shape index (κ2) is 6.31. The summed E-state index contributed by atoms with van der Waals surface area (Å²) in [6, 6.07) is 0. The van der Waals surface area contributed by atoms with Gasteiger partial charge in [0.2, 0.25) is 11.6 Å². The van der Waals surface area contributed by atoms with E-state index in [1.54, 1.807) is 0 Å². The minimum absolute atomic E-state index is 0.00129. The van der Waals surface area contributed by atoms with Crippen molar-refractivity contribution in [2.45, 2.75) is 88.5 Å². The van der Waals surface area contributed by atoms with Crippen LogP contribution in [0.25, 0.3) is 0 Å². The van der Waals surface area contributed by atoms with Crippen molar-refractivity contribution in [3.8, 4) is 0 Å². The van der Waals surface area contributed by atoms with Gasteiger partial charge in [0.05, 0.1) is 5.60 Å². The molecule has 8 heteroatoms. The maximum absolute atomic E-state index is 11.0. The van der Waals surface area contributed by atoms with Crippen LogP contribution < -0.4 is 5.73 Å². The van der Waals surface area contributed by atoms with Crippen LogP contribution >= 0.6 is 0 Å². The third kappa shape index (κ3) is 3.11. The predicted molar refractivity (Wildman–Crippen MR) is 88.0 cm³/mol. The first-order valence-corrected chi connectivity index (χ1v) is 9.66. The molecule has 0 aromatic heterocycles. The summed E-state index contributed by atoms with van der Waals surface area (Å²) < 4.78 is 5.10.